The molecule has 1 aliphatic carbocycles. The van der Waals surface area contributed by atoms with Crippen LogP contribution >= 0.6 is 27.4 Å². The van der Waals surface area contributed by atoms with Crippen LogP contribution in [-0.4, -0.2) is 114 Å². The summed E-state index contributed by atoms with van der Waals surface area (Å²) < 4.78 is 49.2. The van der Waals surface area contributed by atoms with Gasteiger partial charge >= 0.3 is 27.6 Å². The Morgan fingerprint density at radius 1 is 0.492 bits per heavy atom. The molecule has 0 heterocycles. The summed E-state index contributed by atoms with van der Waals surface area (Å²) in [5.74, 6) is -0.272. The SMILES string of the molecule is CCCCCCCCCCCCCCCC(=O)O[C@H](COC(=O)CCCCCCCCCCCCCCCSC(=O)CCC)COP(=O)(O)OC1C(O)[C@@H](O)C(OP(=O)(O)O)[C@@H](O)[C@H]1O. The number of rotatable bonds is 42. The number of carbonyl (C=O) groups is 3. The van der Waals surface area contributed by atoms with Crippen LogP contribution in [0.5, 0.6) is 0 Å². The molecular formula is C45H86O17P2S. The molecule has 20 heteroatoms. The predicted molar refractivity (Wildman–Crippen MR) is 250 cm³/mol. The maximum atomic E-state index is 12.9. The third-order valence-electron chi connectivity index (χ3n) is 11.4. The number of phosphoric acid groups is 2. The molecule has 0 aromatic heterocycles. The summed E-state index contributed by atoms with van der Waals surface area (Å²) in [7, 11) is -10.6. The summed E-state index contributed by atoms with van der Waals surface area (Å²) in [4.78, 5) is 65.6. The van der Waals surface area contributed by atoms with Crippen LogP contribution in [0, 0.1) is 0 Å². The summed E-state index contributed by atoms with van der Waals surface area (Å²) in [6, 6.07) is 0. The van der Waals surface area contributed by atoms with E-state index in [1.165, 1.54) is 108 Å². The lowest BCUT2D eigenvalue weighted by atomic mass is 9.85. The van der Waals surface area contributed by atoms with E-state index in [4.69, 9.17) is 28.3 Å². The van der Waals surface area contributed by atoms with E-state index in [9.17, 15) is 48.8 Å². The predicted octanol–water partition coefficient (Wildman–Crippen LogP) is 8.88. The van der Waals surface area contributed by atoms with Crippen molar-refractivity contribution in [2.75, 3.05) is 19.0 Å². The fourth-order valence-corrected chi connectivity index (χ4v) is 10.1. The molecule has 7 N–H and O–H groups in total. The molecule has 0 amide bonds. The van der Waals surface area contributed by atoms with Gasteiger partial charge in [-0.1, -0.05) is 173 Å². The van der Waals surface area contributed by atoms with Gasteiger partial charge in [-0.25, -0.2) is 9.13 Å². The van der Waals surface area contributed by atoms with Gasteiger partial charge in [-0.3, -0.25) is 28.0 Å². The van der Waals surface area contributed by atoms with E-state index >= 15 is 0 Å². The van der Waals surface area contributed by atoms with E-state index in [0.717, 1.165) is 70.0 Å². The minimum atomic E-state index is -5.31. The van der Waals surface area contributed by atoms with Gasteiger partial charge in [0.05, 0.1) is 6.61 Å². The second-order valence-electron chi connectivity index (χ2n) is 17.5. The molecule has 1 rings (SSSR count). The number of hydrogen-bond donors (Lipinski definition) is 7. The van der Waals surface area contributed by atoms with Crippen LogP contribution in [-0.2, 0) is 46.6 Å². The molecule has 0 aromatic rings. The Morgan fingerprint density at radius 2 is 0.877 bits per heavy atom. The first-order chi connectivity index (χ1) is 31.0. The molecule has 1 fully saturated rings. The monoisotopic (exact) mass is 993 g/mol. The maximum absolute atomic E-state index is 12.9. The van der Waals surface area contributed by atoms with Gasteiger partial charge in [0.1, 0.15) is 43.2 Å². The Balaban J connectivity index is 2.50. The fourth-order valence-electron chi connectivity index (χ4n) is 7.64. The Hall–Kier alpha value is -0.980. The van der Waals surface area contributed by atoms with Gasteiger partial charge in [0, 0.05) is 25.0 Å². The summed E-state index contributed by atoms with van der Waals surface area (Å²) >= 11 is 1.47. The van der Waals surface area contributed by atoms with E-state index in [0.29, 0.717) is 24.4 Å². The number of thioether (sulfide) groups is 1. The smallest absolute Gasteiger partial charge is 0.462 e. The number of hydrogen-bond acceptors (Lipinski definition) is 15. The van der Waals surface area contributed by atoms with E-state index in [1.54, 1.807) is 0 Å². The molecule has 17 nitrogen and oxygen atoms in total. The first-order valence-corrected chi connectivity index (χ1v) is 28.6. The summed E-state index contributed by atoms with van der Waals surface area (Å²) in [5, 5.41) is 41.8. The van der Waals surface area contributed by atoms with Gasteiger partial charge in [0.2, 0.25) is 0 Å². The van der Waals surface area contributed by atoms with E-state index in [2.05, 4.69) is 11.4 Å². The van der Waals surface area contributed by atoms with E-state index in [1.807, 2.05) is 6.92 Å². The minimum Gasteiger partial charge on any atom is -0.462 e. The van der Waals surface area contributed by atoms with Gasteiger partial charge in [-0.2, -0.15) is 0 Å². The lowest BCUT2D eigenvalue weighted by Gasteiger charge is -2.43. The van der Waals surface area contributed by atoms with Gasteiger partial charge in [0.25, 0.3) is 0 Å². The van der Waals surface area contributed by atoms with Gasteiger partial charge in [0.15, 0.2) is 11.2 Å². The molecule has 384 valence electrons. The second kappa shape index (κ2) is 37.9. The van der Waals surface area contributed by atoms with Crippen molar-refractivity contribution in [1.82, 2.24) is 0 Å². The Kier molecular flexibility index (Phi) is 36.1. The van der Waals surface area contributed by atoms with Gasteiger partial charge in [-0.15, -0.1) is 0 Å². The highest BCUT2D eigenvalue weighted by atomic mass is 32.2. The third kappa shape index (κ3) is 32.5. The fraction of sp³-hybridized carbons (Fsp3) is 0.933. The highest BCUT2D eigenvalue weighted by molar-refractivity contribution is 8.13. The average molecular weight is 993 g/mol. The first-order valence-electron chi connectivity index (χ1n) is 24.6. The van der Waals surface area contributed by atoms with Crippen LogP contribution < -0.4 is 0 Å². The van der Waals surface area contributed by atoms with Crippen LogP contribution in [0.25, 0.3) is 0 Å². The molecule has 4 unspecified atom stereocenters. The number of unbranched alkanes of at least 4 members (excludes halogenated alkanes) is 24. The molecule has 0 aromatic carbocycles. The van der Waals surface area contributed by atoms with Crippen LogP contribution in [0.4, 0.5) is 0 Å². The van der Waals surface area contributed by atoms with Crippen LogP contribution in [0.3, 0.4) is 0 Å². The van der Waals surface area contributed by atoms with Crippen molar-refractivity contribution in [1.29, 1.82) is 0 Å². The zero-order chi connectivity index (χ0) is 48.4. The number of aliphatic hydroxyl groups excluding tert-OH is 4. The number of ether oxygens (including phenoxy) is 2. The standard InChI is InChI=1S/C45H86O17P2S/c1-3-5-6-7-8-9-10-12-16-19-22-25-28-32-38(47)60-36(35-59-64(56,57)62-45-42(51)40(49)44(41(50)43(45)52)61-63(53,54)55)34-58-37(46)31-27-24-21-18-15-13-11-14-17-20-23-26-29-33-65-39(48)30-4-2/h36,40-45,49-52H,3-35H2,1-2H3,(H,56,57)(H2,53,54,55)/t36-,40-,41+,42?,43-,44?,45?/m1/s1. The largest absolute Gasteiger partial charge is 0.472 e. The van der Waals surface area contributed by atoms with Crippen molar-refractivity contribution in [2.24, 2.45) is 0 Å². The average Bonchev–Trinajstić information content (AvgIpc) is 3.25. The van der Waals surface area contributed by atoms with Crippen molar-refractivity contribution in [3.05, 3.63) is 0 Å². The topological polar surface area (TPSA) is 273 Å². The van der Waals surface area contributed by atoms with Crippen LogP contribution in [0.15, 0.2) is 0 Å². The molecule has 8 atom stereocenters. The van der Waals surface area contributed by atoms with Gasteiger partial charge < -0.3 is 44.6 Å². The first kappa shape index (κ1) is 62.0. The molecular weight excluding hydrogens is 906 g/mol. The lowest BCUT2D eigenvalue weighted by Crippen LogP contribution is -2.64. The lowest BCUT2D eigenvalue weighted by molar-refractivity contribution is -0.216. The molecule has 0 radical (unpaired) electrons. The van der Waals surface area contributed by atoms with Crippen molar-refractivity contribution in [3.63, 3.8) is 0 Å². The summed E-state index contributed by atoms with van der Waals surface area (Å²) in [6.45, 7) is 2.91. The number of aliphatic hydroxyl groups is 4. The molecule has 65 heavy (non-hydrogen) atoms. The molecule has 0 spiro atoms. The Bertz CT molecular complexity index is 1320. The molecule has 1 aliphatic rings. The summed E-state index contributed by atoms with van der Waals surface area (Å²) in [5.41, 5.74) is 0. The van der Waals surface area contributed by atoms with E-state index in [-0.39, 0.29) is 12.8 Å². The van der Waals surface area contributed by atoms with E-state index < -0.39 is 83.5 Å². The normalized spacial score (nSPS) is 21.5. The highest BCUT2D eigenvalue weighted by Crippen LogP contribution is 2.48. The quantitative estimate of drug-likeness (QED) is 0.0171. The maximum Gasteiger partial charge on any atom is 0.472 e. The van der Waals surface area contributed by atoms with Gasteiger partial charge in [-0.05, 0) is 25.7 Å². The zero-order valence-electron chi connectivity index (χ0n) is 39.4. The van der Waals surface area contributed by atoms with Crippen molar-refractivity contribution < 1.29 is 81.7 Å². The molecule has 0 aliphatic heterocycles. The van der Waals surface area contributed by atoms with Crippen molar-refractivity contribution in [3.8, 4) is 0 Å². The van der Waals surface area contributed by atoms with Crippen molar-refractivity contribution in [2.45, 2.75) is 249 Å². The second-order valence-corrected chi connectivity index (χ2v) is 21.2. The minimum absolute atomic E-state index is 0.0487. The molecule has 1 saturated carbocycles. The zero-order valence-corrected chi connectivity index (χ0v) is 42.0. The third-order valence-corrected chi connectivity index (χ3v) is 14.0. The van der Waals surface area contributed by atoms with Crippen molar-refractivity contribution >= 4 is 44.5 Å². The Morgan fingerprint density at radius 3 is 1.29 bits per heavy atom. The summed E-state index contributed by atoms with van der Waals surface area (Å²) in [6.07, 6.45) is 15.7. The Labute approximate surface area is 393 Å². The molecule has 0 saturated heterocycles. The number of esters is 2. The van der Waals surface area contributed by atoms with Crippen LogP contribution in [0.1, 0.15) is 206 Å². The molecule has 0 bridgehead atoms. The number of carbonyl (C=O) groups excluding carboxylic acids is 3. The highest BCUT2D eigenvalue weighted by Gasteiger charge is 2.54. The van der Waals surface area contributed by atoms with Crippen LogP contribution in [0.2, 0.25) is 0 Å². The number of phosphoric ester groups is 2.